The van der Waals surface area contributed by atoms with Gasteiger partial charge in [-0.05, 0) is 43.0 Å². The third-order valence-electron chi connectivity index (χ3n) is 4.52. The highest BCUT2D eigenvalue weighted by atomic mass is 16.5. The molecular weight excluding hydrogens is 336 g/mol. The standard InChI is InChI=1S/C19H26N2O5/c1-13-4-2-3-5-16(13)26-12-17(22)21-15-8-6-14(7-9-15)19(25)20-11-10-18(23)24/h6-9,13,16H,2-5,10-12H2,1H3,(H,20,25)(H,21,22)(H,23,24). The predicted octanol–water partition coefficient (Wildman–Crippen LogP) is 2.42. The fraction of sp³-hybridized carbons (Fsp3) is 0.526. The molecule has 1 saturated carbocycles. The van der Waals surface area contributed by atoms with Gasteiger partial charge in [0, 0.05) is 17.8 Å². The van der Waals surface area contributed by atoms with Crippen LogP contribution in [0.25, 0.3) is 0 Å². The molecule has 1 fully saturated rings. The molecular formula is C19H26N2O5. The van der Waals surface area contributed by atoms with Crippen LogP contribution >= 0.6 is 0 Å². The second-order valence-electron chi connectivity index (χ2n) is 6.64. The monoisotopic (exact) mass is 362 g/mol. The van der Waals surface area contributed by atoms with Crippen molar-refractivity contribution in [2.24, 2.45) is 5.92 Å². The van der Waals surface area contributed by atoms with Crippen molar-refractivity contribution in [3.8, 4) is 0 Å². The van der Waals surface area contributed by atoms with Gasteiger partial charge in [0.2, 0.25) is 5.91 Å². The van der Waals surface area contributed by atoms with Crippen LogP contribution in [0.2, 0.25) is 0 Å². The zero-order chi connectivity index (χ0) is 18.9. The van der Waals surface area contributed by atoms with Gasteiger partial charge in [0.05, 0.1) is 12.5 Å². The summed E-state index contributed by atoms with van der Waals surface area (Å²) >= 11 is 0. The summed E-state index contributed by atoms with van der Waals surface area (Å²) in [5, 5.41) is 13.8. The lowest BCUT2D eigenvalue weighted by Crippen LogP contribution is -2.29. The van der Waals surface area contributed by atoms with Crippen molar-refractivity contribution >= 4 is 23.5 Å². The molecule has 7 nitrogen and oxygen atoms in total. The maximum absolute atomic E-state index is 12.0. The van der Waals surface area contributed by atoms with Crippen molar-refractivity contribution in [3.05, 3.63) is 29.8 Å². The summed E-state index contributed by atoms with van der Waals surface area (Å²) in [6.45, 7) is 2.25. The number of hydrogen-bond acceptors (Lipinski definition) is 4. The maximum Gasteiger partial charge on any atom is 0.305 e. The van der Waals surface area contributed by atoms with Crippen LogP contribution in [0, 0.1) is 5.92 Å². The highest BCUT2D eigenvalue weighted by molar-refractivity contribution is 5.96. The molecule has 0 aliphatic heterocycles. The average Bonchev–Trinajstić information content (AvgIpc) is 2.61. The molecule has 2 atom stereocenters. The van der Waals surface area contributed by atoms with Crippen LogP contribution in [0.5, 0.6) is 0 Å². The summed E-state index contributed by atoms with van der Waals surface area (Å²) in [7, 11) is 0. The first kappa shape index (κ1) is 19.9. The number of carboxylic acid groups (broad SMARTS) is 1. The summed E-state index contributed by atoms with van der Waals surface area (Å²) in [6.07, 6.45) is 4.53. The van der Waals surface area contributed by atoms with Gasteiger partial charge in [-0.25, -0.2) is 0 Å². The molecule has 142 valence electrons. The minimum absolute atomic E-state index is 0.0203. The molecule has 26 heavy (non-hydrogen) atoms. The van der Waals surface area contributed by atoms with Crippen LogP contribution in [-0.2, 0) is 14.3 Å². The van der Waals surface area contributed by atoms with E-state index in [4.69, 9.17) is 9.84 Å². The van der Waals surface area contributed by atoms with Crippen LogP contribution in [0.15, 0.2) is 24.3 Å². The van der Waals surface area contributed by atoms with E-state index in [1.54, 1.807) is 24.3 Å². The first-order valence-corrected chi connectivity index (χ1v) is 8.97. The van der Waals surface area contributed by atoms with Gasteiger partial charge in [-0.15, -0.1) is 0 Å². The molecule has 2 unspecified atom stereocenters. The Morgan fingerprint density at radius 3 is 2.50 bits per heavy atom. The van der Waals surface area contributed by atoms with E-state index in [1.807, 2.05) is 0 Å². The minimum atomic E-state index is -0.965. The number of ether oxygens (including phenoxy) is 1. The third-order valence-corrected chi connectivity index (χ3v) is 4.52. The van der Waals surface area contributed by atoms with Crippen LogP contribution in [-0.4, -0.2) is 42.1 Å². The van der Waals surface area contributed by atoms with Gasteiger partial charge in [-0.2, -0.15) is 0 Å². The number of aliphatic carboxylic acids is 1. The van der Waals surface area contributed by atoms with E-state index in [0.29, 0.717) is 17.2 Å². The smallest absolute Gasteiger partial charge is 0.305 e. The van der Waals surface area contributed by atoms with Gasteiger partial charge in [0.25, 0.3) is 5.91 Å². The number of rotatable bonds is 8. The average molecular weight is 362 g/mol. The van der Waals surface area contributed by atoms with Gasteiger partial charge in [0.1, 0.15) is 6.61 Å². The number of carbonyl (C=O) groups excluding carboxylic acids is 2. The normalized spacial score (nSPS) is 19.6. The number of carbonyl (C=O) groups is 3. The lowest BCUT2D eigenvalue weighted by atomic mass is 9.88. The second-order valence-corrected chi connectivity index (χ2v) is 6.64. The van der Waals surface area contributed by atoms with Gasteiger partial charge in [-0.1, -0.05) is 19.8 Å². The first-order valence-electron chi connectivity index (χ1n) is 8.97. The van der Waals surface area contributed by atoms with E-state index < -0.39 is 5.97 Å². The summed E-state index contributed by atoms with van der Waals surface area (Å²) in [6, 6.07) is 6.42. The van der Waals surface area contributed by atoms with Crippen molar-refractivity contribution in [1.82, 2.24) is 5.32 Å². The van der Waals surface area contributed by atoms with E-state index in [2.05, 4.69) is 17.6 Å². The lowest BCUT2D eigenvalue weighted by molar-refractivity contribution is -0.136. The van der Waals surface area contributed by atoms with E-state index in [0.717, 1.165) is 19.3 Å². The van der Waals surface area contributed by atoms with Crippen LogP contribution < -0.4 is 10.6 Å². The minimum Gasteiger partial charge on any atom is -0.481 e. The molecule has 0 saturated heterocycles. The lowest BCUT2D eigenvalue weighted by Gasteiger charge is -2.28. The second kappa shape index (κ2) is 9.91. The molecule has 2 amide bonds. The molecule has 7 heteroatoms. The molecule has 3 N–H and O–H groups in total. The molecule has 0 radical (unpaired) electrons. The molecule has 1 aromatic carbocycles. The molecule has 0 spiro atoms. The Hall–Kier alpha value is -2.41. The third kappa shape index (κ3) is 6.48. The molecule has 0 heterocycles. The summed E-state index contributed by atoms with van der Waals surface area (Å²) in [4.78, 5) is 34.3. The van der Waals surface area contributed by atoms with Crippen molar-refractivity contribution in [2.75, 3.05) is 18.5 Å². The largest absolute Gasteiger partial charge is 0.481 e. The number of hydrogen-bond donors (Lipinski definition) is 3. The summed E-state index contributed by atoms with van der Waals surface area (Å²) in [5.41, 5.74) is 0.984. The molecule has 0 aromatic heterocycles. The highest BCUT2D eigenvalue weighted by Gasteiger charge is 2.22. The number of benzene rings is 1. The predicted molar refractivity (Wildman–Crippen MR) is 97.0 cm³/mol. The SMILES string of the molecule is CC1CCCCC1OCC(=O)Nc1ccc(C(=O)NCCC(=O)O)cc1. The van der Waals surface area contributed by atoms with Crippen LogP contribution in [0.4, 0.5) is 5.69 Å². The van der Waals surface area contributed by atoms with Crippen molar-refractivity contribution in [3.63, 3.8) is 0 Å². The van der Waals surface area contributed by atoms with Crippen molar-refractivity contribution < 1.29 is 24.2 Å². The highest BCUT2D eigenvalue weighted by Crippen LogP contribution is 2.26. The Bertz CT molecular complexity index is 629. The zero-order valence-electron chi connectivity index (χ0n) is 15.0. The Labute approximate surface area is 153 Å². The van der Waals surface area contributed by atoms with Gasteiger partial charge in [-0.3, -0.25) is 14.4 Å². The van der Waals surface area contributed by atoms with Crippen LogP contribution in [0.1, 0.15) is 49.4 Å². The maximum atomic E-state index is 12.0. The number of anilines is 1. The quantitative estimate of drug-likeness (QED) is 0.659. The van der Waals surface area contributed by atoms with E-state index in [1.165, 1.54) is 6.42 Å². The fourth-order valence-electron chi connectivity index (χ4n) is 3.00. The molecule has 1 aliphatic rings. The molecule has 0 bridgehead atoms. The summed E-state index contributed by atoms with van der Waals surface area (Å²) in [5.74, 6) is -1.05. The Morgan fingerprint density at radius 1 is 1.15 bits per heavy atom. The Balaban J connectivity index is 1.76. The number of nitrogens with one attached hydrogen (secondary N) is 2. The van der Waals surface area contributed by atoms with Crippen LogP contribution in [0.3, 0.4) is 0 Å². The Kier molecular flexibility index (Phi) is 7.59. The van der Waals surface area contributed by atoms with E-state index in [9.17, 15) is 14.4 Å². The first-order chi connectivity index (χ1) is 12.5. The van der Waals surface area contributed by atoms with Crippen molar-refractivity contribution in [2.45, 2.75) is 45.1 Å². The van der Waals surface area contributed by atoms with Gasteiger partial charge >= 0.3 is 5.97 Å². The Morgan fingerprint density at radius 2 is 1.85 bits per heavy atom. The molecule has 1 aromatic rings. The van der Waals surface area contributed by atoms with Crippen molar-refractivity contribution in [1.29, 1.82) is 0 Å². The van der Waals surface area contributed by atoms with E-state index >= 15 is 0 Å². The molecule has 2 rings (SSSR count). The zero-order valence-corrected chi connectivity index (χ0v) is 15.0. The number of amides is 2. The summed E-state index contributed by atoms with van der Waals surface area (Å²) < 4.78 is 5.73. The molecule has 1 aliphatic carbocycles. The number of carboxylic acids is 1. The topological polar surface area (TPSA) is 105 Å². The van der Waals surface area contributed by atoms with Gasteiger partial charge < -0.3 is 20.5 Å². The fourth-order valence-corrected chi connectivity index (χ4v) is 3.00. The van der Waals surface area contributed by atoms with Gasteiger partial charge in [0.15, 0.2) is 0 Å². The van der Waals surface area contributed by atoms with E-state index in [-0.39, 0.29) is 37.5 Å².